The predicted octanol–water partition coefficient (Wildman–Crippen LogP) is 3.62. The van der Waals surface area contributed by atoms with Crippen molar-refractivity contribution in [2.45, 2.75) is 43.4 Å². The van der Waals surface area contributed by atoms with Gasteiger partial charge in [0.05, 0.1) is 17.0 Å². The molecule has 4 bridgehead atoms. The van der Waals surface area contributed by atoms with Crippen LogP contribution in [0, 0.1) is 28.6 Å². The van der Waals surface area contributed by atoms with E-state index in [9.17, 15) is 9.59 Å². The summed E-state index contributed by atoms with van der Waals surface area (Å²) < 4.78 is 5.39. The maximum Gasteiger partial charge on any atom is 0.312 e. The van der Waals surface area contributed by atoms with Crippen LogP contribution in [0.4, 0.5) is 5.69 Å². The van der Waals surface area contributed by atoms with Gasteiger partial charge in [0.25, 0.3) is 5.91 Å². The highest BCUT2D eigenvalue weighted by Gasteiger charge is 2.60. The molecule has 0 spiro atoms. The van der Waals surface area contributed by atoms with E-state index in [4.69, 9.17) is 21.6 Å². The molecule has 0 aliphatic heterocycles. The van der Waals surface area contributed by atoms with E-state index in [0.29, 0.717) is 29.5 Å². The second-order valence-corrected chi connectivity index (χ2v) is 9.01. The van der Waals surface area contributed by atoms with Crippen molar-refractivity contribution in [2.24, 2.45) is 17.3 Å². The van der Waals surface area contributed by atoms with Gasteiger partial charge in [-0.15, -0.1) is 11.6 Å². The van der Waals surface area contributed by atoms with Crippen LogP contribution in [0.3, 0.4) is 0 Å². The molecular weight excluding hydrogens is 352 g/mol. The van der Waals surface area contributed by atoms with Gasteiger partial charge in [0, 0.05) is 10.6 Å². The highest BCUT2D eigenvalue weighted by Crippen LogP contribution is 2.64. The zero-order chi connectivity index (χ0) is 18.4. The number of carbonyl (C=O) groups excluding carboxylic acids is 2. The third-order valence-corrected chi connectivity index (χ3v) is 6.50. The zero-order valence-corrected chi connectivity index (χ0v) is 15.2. The third-order valence-electron chi connectivity index (χ3n) is 6.05. The molecule has 1 N–H and O–H groups in total. The second-order valence-electron chi connectivity index (χ2n) is 8.21. The van der Waals surface area contributed by atoms with Gasteiger partial charge in [0.15, 0.2) is 6.61 Å². The van der Waals surface area contributed by atoms with Gasteiger partial charge in [0.1, 0.15) is 0 Å². The van der Waals surface area contributed by atoms with Gasteiger partial charge < -0.3 is 10.1 Å². The minimum absolute atomic E-state index is 0.256. The number of halogens is 1. The van der Waals surface area contributed by atoms with Crippen molar-refractivity contribution in [1.82, 2.24) is 0 Å². The van der Waals surface area contributed by atoms with Crippen molar-refractivity contribution < 1.29 is 14.3 Å². The summed E-state index contributed by atoms with van der Waals surface area (Å²) in [4.78, 5) is 24.6. The van der Waals surface area contributed by atoms with Crippen molar-refractivity contribution in [1.29, 1.82) is 5.26 Å². The Bertz CT molecular complexity index is 769. The molecule has 1 aromatic carbocycles. The normalized spacial score (nSPS) is 34.2. The van der Waals surface area contributed by atoms with E-state index >= 15 is 0 Å². The molecule has 4 aliphatic carbocycles. The molecule has 1 aromatic rings. The molecular formula is C20H21ClN2O3. The Morgan fingerprint density at radius 3 is 2.42 bits per heavy atom. The molecule has 4 aliphatic rings. The average molecular weight is 373 g/mol. The van der Waals surface area contributed by atoms with Gasteiger partial charge in [0.2, 0.25) is 0 Å². The highest BCUT2D eigenvalue weighted by atomic mass is 35.5. The standard InChI is InChI=1S/C20H21ClN2O3/c21-20-8-14-5-15(9-20)7-19(6-14,12-20)18(25)26-11-17(24)23-16-3-1-13(10-22)2-4-16/h1-4,14-15H,5-9,11-12H2,(H,23,24)/t14-,15+,19?,20?. The zero-order valence-electron chi connectivity index (χ0n) is 14.5. The Hall–Kier alpha value is -2.06. The maximum absolute atomic E-state index is 12.8. The lowest BCUT2D eigenvalue weighted by Gasteiger charge is -2.58. The number of nitriles is 1. The summed E-state index contributed by atoms with van der Waals surface area (Å²) in [6.45, 7) is -0.300. The quantitative estimate of drug-likeness (QED) is 0.646. The number of benzene rings is 1. The van der Waals surface area contributed by atoms with E-state index in [-0.39, 0.29) is 23.4 Å². The first-order valence-electron chi connectivity index (χ1n) is 9.06. The number of hydrogen-bond donors (Lipinski definition) is 1. The predicted molar refractivity (Wildman–Crippen MR) is 96.4 cm³/mol. The fraction of sp³-hybridized carbons (Fsp3) is 0.550. The Morgan fingerprint density at radius 2 is 1.85 bits per heavy atom. The van der Waals surface area contributed by atoms with Crippen molar-refractivity contribution in [3.63, 3.8) is 0 Å². The highest BCUT2D eigenvalue weighted by molar-refractivity contribution is 6.24. The van der Waals surface area contributed by atoms with E-state index in [1.807, 2.05) is 6.07 Å². The van der Waals surface area contributed by atoms with Crippen LogP contribution in [0.15, 0.2) is 24.3 Å². The fourth-order valence-corrected chi connectivity index (χ4v) is 6.19. The summed E-state index contributed by atoms with van der Waals surface area (Å²) in [7, 11) is 0. The molecule has 6 heteroatoms. The lowest BCUT2D eigenvalue weighted by atomic mass is 9.49. The van der Waals surface area contributed by atoms with Crippen molar-refractivity contribution in [3.05, 3.63) is 29.8 Å². The molecule has 5 rings (SSSR count). The van der Waals surface area contributed by atoms with Crippen LogP contribution in [-0.4, -0.2) is 23.4 Å². The summed E-state index contributed by atoms with van der Waals surface area (Å²) in [5.41, 5.74) is 0.589. The number of amides is 1. The number of nitrogens with zero attached hydrogens (tertiary/aromatic N) is 1. The van der Waals surface area contributed by atoms with E-state index in [1.54, 1.807) is 24.3 Å². The molecule has 4 atom stereocenters. The van der Waals surface area contributed by atoms with E-state index < -0.39 is 5.41 Å². The Balaban J connectivity index is 1.35. The van der Waals surface area contributed by atoms with Crippen molar-refractivity contribution in [2.75, 3.05) is 11.9 Å². The first kappa shape index (κ1) is 17.4. The van der Waals surface area contributed by atoms with Crippen molar-refractivity contribution in [3.8, 4) is 6.07 Å². The number of esters is 1. The Kier molecular flexibility index (Phi) is 4.19. The molecule has 4 fully saturated rings. The molecule has 0 aromatic heterocycles. The van der Waals surface area contributed by atoms with Crippen LogP contribution in [0.2, 0.25) is 0 Å². The lowest BCUT2D eigenvalue weighted by Crippen LogP contribution is -2.56. The summed E-state index contributed by atoms with van der Waals surface area (Å²) in [6, 6.07) is 8.56. The third kappa shape index (κ3) is 3.19. The first-order valence-corrected chi connectivity index (χ1v) is 9.44. The maximum atomic E-state index is 12.8. The number of alkyl halides is 1. The minimum Gasteiger partial charge on any atom is -0.455 e. The second kappa shape index (κ2) is 6.28. The summed E-state index contributed by atoms with van der Waals surface area (Å²) >= 11 is 6.75. The molecule has 26 heavy (non-hydrogen) atoms. The van der Waals surface area contributed by atoms with Crippen molar-refractivity contribution >= 4 is 29.2 Å². The topological polar surface area (TPSA) is 79.2 Å². The Labute approximate surface area is 157 Å². The Morgan fingerprint density at radius 1 is 1.19 bits per heavy atom. The largest absolute Gasteiger partial charge is 0.455 e. The van der Waals surface area contributed by atoms with Gasteiger partial charge in [-0.3, -0.25) is 9.59 Å². The SMILES string of the molecule is N#Cc1ccc(NC(=O)COC(=O)C23C[C@@H]4C[C@@H](CC(Cl)(C4)C2)C3)cc1. The van der Waals surface area contributed by atoms with Gasteiger partial charge in [-0.1, -0.05) is 0 Å². The lowest BCUT2D eigenvalue weighted by molar-refractivity contribution is -0.171. The smallest absolute Gasteiger partial charge is 0.312 e. The van der Waals surface area contributed by atoms with Gasteiger partial charge in [-0.25, -0.2) is 0 Å². The molecule has 2 unspecified atom stereocenters. The molecule has 1 amide bonds. The van der Waals surface area contributed by atoms with Crippen LogP contribution < -0.4 is 5.32 Å². The van der Waals surface area contributed by atoms with Crippen LogP contribution >= 0.6 is 11.6 Å². The van der Waals surface area contributed by atoms with Gasteiger partial charge in [-0.2, -0.15) is 5.26 Å². The number of carbonyl (C=O) groups is 2. The number of anilines is 1. The van der Waals surface area contributed by atoms with E-state index in [0.717, 1.165) is 25.7 Å². The van der Waals surface area contributed by atoms with Gasteiger partial charge in [-0.05, 0) is 74.6 Å². The molecule has 5 nitrogen and oxygen atoms in total. The number of ether oxygens (including phenoxy) is 1. The monoisotopic (exact) mass is 372 g/mol. The number of nitrogens with one attached hydrogen (secondary N) is 1. The summed E-state index contributed by atoms with van der Waals surface area (Å²) in [5.74, 6) is 0.363. The van der Waals surface area contributed by atoms with E-state index in [2.05, 4.69) is 5.32 Å². The number of rotatable bonds is 4. The minimum atomic E-state index is -0.499. The van der Waals surface area contributed by atoms with Crippen LogP contribution in [0.5, 0.6) is 0 Å². The van der Waals surface area contributed by atoms with Gasteiger partial charge >= 0.3 is 5.97 Å². The molecule has 4 saturated carbocycles. The number of hydrogen-bond acceptors (Lipinski definition) is 4. The van der Waals surface area contributed by atoms with Crippen LogP contribution in [0.25, 0.3) is 0 Å². The first-order chi connectivity index (χ1) is 12.4. The molecule has 0 saturated heterocycles. The molecule has 136 valence electrons. The molecule has 0 radical (unpaired) electrons. The van der Waals surface area contributed by atoms with Crippen LogP contribution in [-0.2, 0) is 14.3 Å². The summed E-state index contributed by atoms with van der Waals surface area (Å²) in [6.07, 6.45) is 5.52. The summed E-state index contributed by atoms with van der Waals surface area (Å²) in [5, 5.41) is 11.5. The van der Waals surface area contributed by atoms with E-state index in [1.165, 1.54) is 6.42 Å². The fourth-order valence-electron chi connectivity index (χ4n) is 5.50. The average Bonchev–Trinajstić information content (AvgIpc) is 2.58. The molecule has 0 heterocycles. The van der Waals surface area contributed by atoms with Crippen LogP contribution in [0.1, 0.15) is 44.1 Å².